The van der Waals surface area contributed by atoms with Gasteiger partial charge in [-0.1, -0.05) is 36.4 Å². The molecule has 0 saturated heterocycles. The third-order valence-corrected chi connectivity index (χ3v) is 6.17. The van der Waals surface area contributed by atoms with Crippen LogP contribution in [0.25, 0.3) is 0 Å². The van der Waals surface area contributed by atoms with Gasteiger partial charge in [-0.25, -0.2) is 4.39 Å². The van der Waals surface area contributed by atoms with Crippen LogP contribution in [0.3, 0.4) is 0 Å². The van der Waals surface area contributed by atoms with Crippen molar-refractivity contribution in [3.05, 3.63) is 87.9 Å². The van der Waals surface area contributed by atoms with E-state index in [9.17, 15) is 14.0 Å². The second kappa shape index (κ2) is 9.09. The lowest BCUT2D eigenvalue weighted by Gasteiger charge is -2.30. The lowest BCUT2D eigenvalue weighted by atomic mass is 10.1. The van der Waals surface area contributed by atoms with Gasteiger partial charge in [0.05, 0.1) is 6.04 Å². The highest BCUT2D eigenvalue weighted by atomic mass is 32.1. The Kier molecular flexibility index (Phi) is 6.09. The minimum absolute atomic E-state index is 0.0394. The second-order valence-electron chi connectivity index (χ2n) is 7.12. The maximum atomic E-state index is 13.0. The van der Waals surface area contributed by atoms with E-state index in [0.29, 0.717) is 6.54 Å². The van der Waals surface area contributed by atoms with Crippen LogP contribution in [0.15, 0.2) is 66.0 Å². The summed E-state index contributed by atoms with van der Waals surface area (Å²) in [4.78, 5) is 28.0. The Hall–Kier alpha value is -3.19. The van der Waals surface area contributed by atoms with Gasteiger partial charge in [0.15, 0.2) is 0 Å². The van der Waals surface area contributed by atoms with E-state index >= 15 is 0 Å². The van der Waals surface area contributed by atoms with Crippen molar-refractivity contribution in [3.63, 3.8) is 0 Å². The third kappa shape index (κ3) is 4.52. The van der Waals surface area contributed by atoms with Gasteiger partial charge in [-0.05, 0) is 47.2 Å². The van der Waals surface area contributed by atoms with E-state index in [-0.39, 0.29) is 18.4 Å². The number of carbonyl (C=O) groups is 2. The summed E-state index contributed by atoms with van der Waals surface area (Å²) in [5.74, 6) is -1.72. The molecule has 1 aromatic heterocycles. The smallest absolute Gasteiger partial charge is 0.309 e. The number of carbonyl (C=O) groups excluding carboxylic acids is 2. The molecule has 30 heavy (non-hydrogen) atoms. The minimum atomic E-state index is -0.703. The summed E-state index contributed by atoms with van der Waals surface area (Å²) >= 11 is 1.64. The molecular formula is C23H22FN3O2S. The number of nitrogens with zero attached hydrogens (tertiary/aromatic N) is 1. The van der Waals surface area contributed by atoms with Gasteiger partial charge >= 0.3 is 11.8 Å². The summed E-state index contributed by atoms with van der Waals surface area (Å²) in [5, 5.41) is 7.37. The molecule has 1 aliphatic rings. The van der Waals surface area contributed by atoms with E-state index in [1.807, 2.05) is 23.6 Å². The van der Waals surface area contributed by atoms with Crippen molar-refractivity contribution < 1.29 is 14.0 Å². The average molecular weight is 424 g/mol. The molecule has 7 heteroatoms. The topological polar surface area (TPSA) is 61.4 Å². The number of anilines is 1. The first-order valence-corrected chi connectivity index (χ1v) is 10.7. The van der Waals surface area contributed by atoms with Crippen LogP contribution in [0.4, 0.5) is 10.1 Å². The van der Waals surface area contributed by atoms with Crippen molar-refractivity contribution in [1.29, 1.82) is 0 Å². The monoisotopic (exact) mass is 423 g/mol. The van der Waals surface area contributed by atoms with Crippen molar-refractivity contribution >= 4 is 28.8 Å². The minimum Gasteiger partial charge on any atom is -0.361 e. The van der Waals surface area contributed by atoms with Crippen molar-refractivity contribution in [3.8, 4) is 0 Å². The molecule has 154 valence electrons. The molecule has 0 fully saturated rings. The van der Waals surface area contributed by atoms with Gasteiger partial charge in [-0.15, -0.1) is 11.3 Å². The van der Waals surface area contributed by atoms with Crippen molar-refractivity contribution in [2.75, 3.05) is 18.0 Å². The fraction of sp³-hybridized carbons (Fsp3) is 0.217. The first-order chi connectivity index (χ1) is 14.6. The molecule has 2 aromatic carbocycles. The van der Waals surface area contributed by atoms with Crippen molar-refractivity contribution in [2.24, 2.45) is 0 Å². The Morgan fingerprint density at radius 1 is 1.00 bits per heavy atom. The normalized spacial score (nSPS) is 13.6. The summed E-state index contributed by atoms with van der Waals surface area (Å²) < 4.78 is 13.0. The Bertz CT molecular complexity index is 1020. The lowest BCUT2D eigenvalue weighted by molar-refractivity contribution is -0.139. The average Bonchev–Trinajstić information content (AvgIpc) is 3.44. The van der Waals surface area contributed by atoms with Crippen LogP contribution >= 0.6 is 11.3 Å². The fourth-order valence-corrected chi connectivity index (χ4v) is 4.51. The van der Waals surface area contributed by atoms with Crippen LogP contribution < -0.4 is 15.5 Å². The Morgan fingerprint density at radius 3 is 2.53 bits per heavy atom. The van der Waals surface area contributed by atoms with Gasteiger partial charge in [0, 0.05) is 30.2 Å². The molecule has 0 spiro atoms. The molecule has 0 aliphatic carbocycles. The molecule has 0 unspecified atom stereocenters. The van der Waals surface area contributed by atoms with Gasteiger partial charge in [-0.2, -0.15) is 0 Å². The highest BCUT2D eigenvalue weighted by Crippen LogP contribution is 2.36. The molecule has 1 aliphatic heterocycles. The second-order valence-corrected chi connectivity index (χ2v) is 8.10. The molecule has 2 amide bonds. The number of halogens is 1. The standard InChI is InChI=1S/C23H22FN3O2S/c24-18-9-7-16(8-10-18)14-25-22(28)23(29)26-15-20(21-6-3-13-30-21)27-12-11-17-4-1-2-5-19(17)27/h1-10,13,20H,11-12,14-15H2,(H,25,28)(H,26,29)/t20-/m0/s1. The predicted octanol–water partition coefficient (Wildman–Crippen LogP) is 3.42. The largest absolute Gasteiger partial charge is 0.361 e. The quantitative estimate of drug-likeness (QED) is 0.598. The van der Waals surface area contributed by atoms with Gasteiger partial charge < -0.3 is 15.5 Å². The van der Waals surface area contributed by atoms with E-state index in [0.717, 1.165) is 23.4 Å². The fourth-order valence-electron chi connectivity index (χ4n) is 3.67. The predicted molar refractivity (Wildman–Crippen MR) is 116 cm³/mol. The number of benzene rings is 2. The summed E-state index contributed by atoms with van der Waals surface area (Å²) in [6, 6.07) is 18.1. The van der Waals surface area contributed by atoms with E-state index in [1.165, 1.54) is 23.4 Å². The van der Waals surface area contributed by atoms with Crippen LogP contribution in [0.2, 0.25) is 0 Å². The number of hydrogen-bond donors (Lipinski definition) is 2. The zero-order chi connectivity index (χ0) is 20.9. The Balaban J connectivity index is 1.38. The molecule has 5 nitrogen and oxygen atoms in total. The number of para-hydroxylation sites is 1. The van der Waals surface area contributed by atoms with Crippen LogP contribution in [0.5, 0.6) is 0 Å². The highest BCUT2D eigenvalue weighted by molar-refractivity contribution is 7.10. The molecule has 0 saturated carbocycles. The maximum Gasteiger partial charge on any atom is 0.309 e. The summed E-state index contributed by atoms with van der Waals surface area (Å²) in [6.07, 6.45) is 0.962. The van der Waals surface area contributed by atoms with E-state index < -0.39 is 11.8 Å². The molecule has 0 bridgehead atoms. The van der Waals surface area contributed by atoms with Crippen LogP contribution in [-0.4, -0.2) is 24.9 Å². The maximum absolute atomic E-state index is 13.0. The van der Waals surface area contributed by atoms with E-state index in [1.54, 1.807) is 23.5 Å². The number of hydrogen-bond acceptors (Lipinski definition) is 4. The van der Waals surface area contributed by atoms with Crippen molar-refractivity contribution in [2.45, 2.75) is 19.0 Å². The summed E-state index contributed by atoms with van der Waals surface area (Å²) in [5.41, 5.74) is 3.19. The molecule has 2 heterocycles. The number of fused-ring (bicyclic) bond motifs is 1. The summed E-state index contributed by atoms with van der Waals surface area (Å²) in [7, 11) is 0. The number of nitrogens with one attached hydrogen (secondary N) is 2. The first kappa shape index (κ1) is 20.1. The lowest BCUT2D eigenvalue weighted by Crippen LogP contribution is -2.43. The van der Waals surface area contributed by atoms with Gasteiger partial charge in [0.2, 0.25) is 0 Å². The molecule has 0 radical (unpaired) electrons. The van der Waals surface area contributed by atoms with Crippen molar-refractivity contribution in [1.82, 2.24) is 10.6 Å². The molecule has 2 N–H and O–H groups in total. The van der Waals surface area contributed by atoms with Gasteiger partial charge in [0.1, 0.15) is 5.82 Å². The Morgan fingerprint density at radius 2 is 1.77 bits per heavy atom. The van der Waals surface area contributed by atoms with Crippen LogP contribution in [-0.2, 0) is 22.6 Å². The molecular weight excluding hydrogens is 401 g/mol. The number of rotatable bonds is 6. The van der Waals surface area contributed by atoms with Gasteiger partial charge in [0.25, 0.3) is 0 Å². The van der Waals surface area contributed by atoms with Gasteiger partial charge in [-0.3, -0.25) is 9.59 Å². The number of amides is 2. The molecule has 4 rings (SSSR count). The molecule has 1 atom stereocenters. The zero-order valence-corrected chi connectivity index (χ0v) is 17.1. The first-order valence-electron chi connectivity index (χ1n) is 9.80. The van der Waals surface area contributed by atoms with E-state index in [4.69, 9.17) is 0 Å². The molecule has 3 aromatic rings. The SMILES string of the molecule is O=C(NCc1ccc(F)cc1)C(=O)NC[C@@H](c1cccs1)N1CCc2ccccc21. The Labute approximate surface area is 178 Å². The number of thiophene rings is 1. The van der Waals surface area contributed by atoms with Crippen LogP contribution in [0.1, 0.15) is 22.0 Å². The zero-order valence-electron chi connectivity index (χ0n) is 16.3. The third-order valence-electron chi connectivity index (χ3n) is 5.20. The van der Waals surface area contributed by atoms with E-state index in [2.05, 4.69) is 33.7 Å². The summed E-state index contributed by atoms with van der Waals surface area (Å²) in [6.45, 7) is 1.37. The van der Waals surface area contributed by atoms with Crippen LogP contribution in [0, 0.1) is 5.82 Å². The highest BCUT2D eigenvalue weighted by Gasteiger charge is 2.28.